The zero-order chi connectivity index (χ0) is 15.6. The van der Waals surface area contributed by atoms with E-state index in [4.69, 9.17) is 5.84 Å². The van der Waals surface area contributed by atoms with E-state index in [0.717, 1.165) is 5.56 Å². The zero-order valence-corrected chi connectivity index (χ0v) is 12.6. The molecule has 0 spiro atoms. The Morgan fingerprint density at radius 3 is 2.48 bits per heavy atom. The molecule has 110 valence electrons. The Morgan fingerprint density at radius 1 is 1.14 bits per heavy atom. The summed E-state index contributed by atoms with van der Waals surface area (Å²) in [7, 11) is 0. The number of nitrogens with two attached hydrogens (primary N) is 1. The molecule has 21 heavy (non-hydrogen) atoms. The van der Waals surface area contributed by atoms with Crippen molar-refractivity contribution in [3.8, 4) is 0 Å². The van der Waals surface area contributed by atoms with Crippen molar-refractivity contribution in [1.82, 2.24) is 0 Å². The summed E-state index contributed by atoms with van der Waals surface area (Å²) in [6, 6.07) is 6.67. The first-order valence-electron chi connectivity index (χ1n) is 5.95. The molecule has 0 fully saturated rings. The molecule has 4 N–H and O–H groups in total. The maximum absolute atomic E-state index is 13.6. The lowest BCUT2D eigenvalue weighted by Crippen LogP contribution is -2.14. The van der Waals surface area contributed by atoms with Crippen molar-refractivity contribution in [2.24, 2.45) is 5.84 Å². The average molecular weight is 356 g/mol. The van der Waals surface area contributed by atoms with Crippen LogP contribution in [0.15, 0.2) is 34.8 Å². The minimum atomic E-state index is -0.846. The fraction of sp³-hybridized carbons (Fsp3) is 0.0714. The first-order valence-corrected chi connectivity index (χ1v) is 6.75. The number of aryl methyl sites for hydroxylation is 1. The molecule has 0 saturated carbocycles. The van der Waals surface area contributed by atoms with E-state index in [9.17, 15) is 13.6 Å². The lowest BCUT2D eigenvalue weighted by atomic mass is 10.1. The number of carbonyl (C=O) groups excluding carboxylic acids is 1. The Morgan fingerprint density at radius 2 is 1.86 bits per heavy atom. The predicted molar refractivity (Wildman–Crippen MR) is 81.0 cm³/mol. The van der Waals surface area contributed by atoms with Crippen molar-refractivity contribution in [1.29, 1.82) is 0 Å². The van der Waals surface area contributed by atoms with Gasteiger partial charge in [0.2, 0.25) is 0 Å². The van der Waals surface area contributed by atoms with Gasteiger partial charge in [0.1, 0.15) is 11.6 Å². The lowest BCUT2D eigenvalue weighted by molar-refractivity contribution is 0.102. The molecule has 0 aromatic heterocycles. The molecular weight excluding hydrogens is 344 g/mol. The summed E-state index contributed by atoms with van der Waals surface area (Å²) in [5, 5.41) is 2.40. The molecule has 0 radical (unpaired) electrons. The van der Waals surface area contributed by atoms with Crippen LogP contribution in [-0.4, -0.2) is 5.91 Å². The van der Waals surface area contributed by atoms with Crippen molar-refractivity contribution < 1.29 is 13.6 Å². The monoisotopic (exact) mass is 355 g/mol. The molecule has 0 aliphatic heterocycles. The number of amides is 1. The summed E-state index contributed by atoms with van der Waals surface area (Å²) in [4.78, 5) is 12.1. The van der Waals surface area contributed by atoms with Crippen LogP contribution in [0.5, 0.6) is 0 Å². The number of hydrazine groups is 1. The molecule has 0 aliphatic carbocycles. The topological polar surface area (TPSA) is 67.2 Å². The Labute approximate surface area is 128 Å². The summed E-state index contributed by atoms with van der Waals surface area (Å²) < 4.78 is 26.8. The van der Waals surface area contributed by atoms with Gasteiger partial charge < -0.3 is 10.7 Å². The molecule has 0 atom stereocenters. The molecule has 2 aromatic rings. The number of anilines is 2. The van der Waals surface area contributed by atoms with E-state index in [2.05, 4.69) is 26.7 Å². The molecule has 7 heteroatoms. The van der Waals surface area contributed by atoms with Crippen LogP contribution in [0.25, 0.3) is 0 Å². The van der Waals surface area contributed by atoms with Crippen molar-refractivity contribution in [2.75, 3.05) is 10.7 Å². The van der Waals surface area contributed by atoms with Gasteiger partial charge in [-0.3, -0.25) is 10.6 Å². The minimum Gasteiger partial charge on any atom is -0.324 e. The molecule has 0 unspecified atom stereocenters. The van der Waals surface area contributed by atoms with Gasteiger partial charge in [-0.1, -0.05) is 0 Å². The first-order chi connectivity index (χ1) is 9.92. The Balaban J connectivity index is 2.26. The van der Waals surface area contributed by atoms with E-state index in [1.54, 1.807) is 25.1 Å². The van der Waals surface area contributed by atoms with Gasteiger partial charge in [-0.2, -0.15) is 0 Å². The van der Waals surface area contributed by atoms with Crippen LogP contribution >= 0.6 is 15.9 Å². The van der Waals surface area contributed by atoms with Crippen LogP contribution in [0.2, 0.25) is 0 Å². The molecule has 2 rings (SSSR count). The Kier molecular flexibility index (Phi) is 4.54. The standard InChI is InChI=1S/C14H12BrF2N3O/c1-7-4-8(2-3-12(7)20-18)14(21)19-13-5-9(15)10(16)6-11(13)17/h2-6,20H,18H2,1H3,(H,19,21). The second-order valence-corrected chi connectivity index (χ2v) is 5.23. The zero-order valence-electron chi connectivity index (χ0n) is 11.0. The van der Waals surface area contributed by atoms with Gasteiger partial charge in [0, 0.05) is 11.6 Å². The smallest absolute Gasteiger partial charge is 0.255 e. The number of nitrogen functional groups attached to an aromatic ring is 1. The highest BCUT2D eigenvalue weighted by Crippen LogP contribution is 2.24. The number of benzene rings is 2. The molecule has 0 aliphatic rings. The molecule has 1 amide bonds. The normalized spacial score (nSPS) is 10.3. The van der Waals surface area contributed by atoms with Gasteiger partial charge in [-0.15, -0.1) is 0 Å². The molecule has 4 nitrogen and oxygen atoms in total. The summed E-state index contributed by atoms with van der Waals surface area (Å²) in [5.74, 6) is 3.23. The van der Waals surface area contributed by atoms with Crippen molar-refractivity contribution in [3.05, 3.63) is 57.6 Å². The average Bonchev–Trinajstić information content (AvgIpc) is 2.44. The maximum atomic E-state index is 13.6. The Hall–Kier alpha value is -1.99. The quantitative estimate of drug-likeness (QED) is 0.448. The third kappa shape index (κ3) is 3.37. The van der Waals surface area contributed by atoms with Gasteiger partial charge in [0.25, 0.3) is 5.91 Å². The second kappa shape index (κ2) is 6.19. The number of hydrogen-bond donors (Lipinski definition) is 3. The van der Waals surface area contributed by atoms with Crippen molar-refractivity contribution in [3.63, 3.8) is 0 Å². The number of rotatable bonds is 3. The largest absolute Gasteiger partial charge is 0.324 e. The molecular formula is C14H12BrF2N3O. The third-order valence-corrected chi connectivity index (χ3v) is 3.51. The number of halogens is 3. The summed E-state index contributed by atoms with van der Waals surface area (Å²) in [6.45, 7) is 1.78. The van der Waals surface area contributed by atoms with E-state index in [0.29, 0.717) is 17.3 Å². The van der Waals surface area contributed by atoms with Gasteiger partial charge in [0.15, 0.2) is 0 Å². The van der Waals surface area contributed by atoms with Gasteiger partial charge >= 0.3 is 0 Å². The van der Waals surface area contributed by atoms with Crippen LogP contribution in [0, 0.1) is 18.6 Å². The van der Waals surface area contributed by atoms with Crippen molar-refractivity contribution in [2.45, 2.75) is 6.92 Å². The van der Waals surface area contributed by atoms with Crippen molar-refractivity contribution >= 4 is 33.2 Å². The third-order valence-electron chi connectivity index (χ3n) is 2.90. The van der Waals surface area contributed by atoms with E-state index in [1.807, 2.05) is 0 Å². The Bertz CT molecular complexity index is 707. The van der Waals surface area contributed by atoms with Gasteiger partial charge in [0.05, 0.1) is 15.8 Å². The van der Waals surface area contributed by atoms with Gasteiger partial charge in [-0.05, 0) is 52.7 Å². The number of carbonyl (C=O) groups is 1. The maximum Gasteiger partial charge on any atom is 0.255 e. The highest BCUT2D eigenvalue weighted by molar-refractivity contribution is 9.10. The number of hydrogen-bond acceptors (Lipinski definition) is 3. The summed E-state index contributed by atoms with van der Waals surface area (Å²) in [5.41, 5.74) is 4.18. The van der Waals surface area contributed by atoms with Crippen LogP contribution < -0.4 is 16.6 Å². The number of nitrogens with one attached hydrogen (secondary N) is 2. The van der Waals surface area contributed by atoms with Crippen LogP contribution in [-0.2, 0) is 0 Å². The minimum absolute atomic E-state index is 0.0676. The molecule has 0 bridgehead atoms. The molecule has 0 saturated heterocycles. The van der Waals surface area contributed by atoms with Crippen LogP contribution in [0.3, 0.4) is 0 Å². The van der Waals surface area contributed by atoms with Crippen LogP contribution in [0.1, 0.15) is 15.9 Å². The first kappa shape index (κ1) is 15.4. The fourth-order valence-corrected chi connectivity index (χ4v) is 2.12. The van der Waals surface area contributed by atoms with E-state index < -0.39 is 17.5 Å². The second-order valence-electron chi connectivity index (χ2n) is 4.37. The van der Waals surface area contributed by atoms with Crippen LogP contribution in [0.4, 0.5) is 20.2 Å². The SMILES string of the molecule is Cc1cc(C(=O)Nc2cc(Br)c(F)cc2F)ccc1NN. The van der Waals surface area contributed by atoms with E-state index in [1.165, 1.54) is 6.07 Å². The van der Waals surface area contributed by atoms with E-state index >= 15 is 0 Å². The summed E-state index contributed by atoms with van der Waals surface area (Å²) >= 11 is 2.94. The predicted octanol–water partition coefficient (Wildman–Crippen LogP) is 3.57. The molecule has 2 aromatic carbocycles. The molecule has 0 heterocycles. The van der Waals surface area contributed by atoms with E-state index in [-0.39, 0.29) is 10.2 Å². The van der Waals surface area contributed by atoms with Gasteiger partial charge in [-0.25, -0.2) is 8.78 Å². The highest BCUT2D eigenvalue weighted by Gasteiger charge is 2.13. The highest BCUT2D eigenvalue weighted by atomic mass is 79.9. The fourth-order valence-electron chi connectivity index (χ4n) is 1.78. The lowest BCUT2D eigenvalue weighted by Gasteiger charge is -2.10. The summed E-state index contributed by atoms with van der Waals surface area (Å²) in [6.07, 6.45) is 0.